The van der Waals surface area contributed by atoms with Crippen LogP contribution in [0.3, 0.4) is 0 Å². The molecule has 0 radical (unpaired) electrons. The lowest BCUT2D eigenvalue weighted by Crippen LogP contribution is -2.15. The van der Waals surface area contributed by atoms with Gasteiger partial charge in [-0.1, -0.05) is 11.6 Å². The van der Waals surface area contributed by atoms with Gasteiger partial charge in [0.1, 0.15) is 17.3 Å². The number of carbonyl (C=O) groups is 1. The number of rotatable bonds is 3. The number of carbonyl (C=O) groups excluding carboxylic acids is 1. The molecule has 0 fully saturated rings. The van der Waals surface area contributed by atoms with E-state index >= 15 is 0 Å². The lowest BCUT2D eigenvalue weighted by molar-refractivity contribution is 0.102. The van der Waals surface area contributed by atoms with Crippen LogP contribution in [0, 0.1) is 0 Å². The van der Waals surface area contributed by atoms with Gasteiger partial charge in [0.15, 0.2) is 0 Å². The Morgan fingerprint density at radius 2 is 2.15 bits per heavy atom. The van der Waals surface area contributed by atoms with Crippen LogP contribution in [-0.2, 0) is 0 Å². The first kappa shape index (κ1) is 14.6. The number of benzene rings is 1. The smallest absolute Gasteiger partial charge is 0.275 e. The highest BCUT2D eigenvalue weighted by atomic mass is 79.9. The molecule has 104 valence electrons. The number of methoxy groups -OCH3 is 1. The van der Waals surface area contributed by atoms with Gasteiger partial charge in [0.2, 0.25) is 0 Å². The zero-order valence-corrected chi connectivity index (χ0v) is 12.8. The molecule has 1 aromatic carbocycles. The average Bonchev–Trinajstić information content (AvgIpc) is 2.41. The van der Waals surface area contributed by atoms with Gasteiger partial charge in [0, 0.05) is 5.69 Å². The third kappa shape index (κ3) is 3.20. The standard InChI is InChI=1S/C13H11BrClN3O2/c1-20-10-4-2-7(6-8(10)14)17-13(19)12-9(15)3-5-11(16)18-12/h2-6H,1H3,(H2,16,18)(H,17,19). The summed E-state index contributed by atoms with van der Waals surface area (Å²) in [6.45, 7) is 0. The van der Waals surface area contributed by atoms with Crippen LogP contribution < -0.4 is 15.8 Å². The molecular formula is C13H11BrClN3O2. The minimum atomic E-state index is -0.431. The fraction of sp³-hybridized carbons (Fsp3) is 0.0769. The maximum atomic E-state index is 12.1. The molecule has 7 heteroatoms. The number of nitrogens with one attached hydrogen (secondary N) is 1. The largest absolute Gasteiger partial charge is 0.496 e. The van der Waals surface area contributed by atoms with E-state index in [4.69, 9.17) is 22.1 Å². The molecule has 2 aromatic rings. The zero-order valence-electron chi connectivity index (χ0n) is 10.5. The molecule has 0 aliphatic carbocycles. The highest BCUT2D eigenvalue weighted by Crippen LogP contribution is 2.28. The Hall–Kier alpha value is -1.79. The molecule has 0 unspecified atom stereocenters. The number of nitrogen functional groups attached to an aromatic ring is 1. The molecule has 1 aromatic heterocycles. The Kier molecular flexibility index (Phi) is 4.46. The third-order valence-electron chi connectivity index (χ3n) is 2.49. The molecule has 0 atom stereocenters. The first-order valence-electron chi connectivity index (χ1n) is 5.58. The van der Waals surface area contributed by atoms with E-state index < -0.39 is 5.91 Å². The molecule has 0 saturated carbocycles. The number of nitrogens with two attached hydrogens (primary N) is 1. The number of amides is 1. The van der Waals surface area contributed by atoms with Gasteiger partial charge in [-0.3, -0.25) is 4.79 Å². The van der Waals surface area contributed by atoms with Crippen molar-refractivity contribution in [2.45, 2.75) is 0 Å². The molecule has 2 rings (SSSR count). The maximum absolute atomic E-state index is 12.1. The number of anilines is 2. The van der Waals surface area contributed by atoms with E-state index in [0.717, 1.165) is 4.47 Å². The second-order valence-corrected chi connectivity index (χ2v) is 5.13. The molecule has 0 bridgehead atoms. The van der Waals surface area contributed by atoms with E-state index in [-0.39, 0.29) is 16.5 Å². The van der Waals surface area contributed by atoms with Crippen LogP contribution in [-0.4, -0.2) is 18.0 Å². The van der Waals surface area contributed by atoms with Gasteiger partial charge in [-0.15, -0.1) is 0 Å². The predicted octanol–water partition coefficient (Wildman–Crippen LogP) is 3.34. The summed E-state index contributed by atoms with van der Waals surface area (Å²) >= 11 is 9.27. The van der Waals surface area contributed by atoms with Gasteiger partial charge in [-0.2, -0.15) is 0 Å². The molecule has 0 spiro atoms. The number of halogens is 2. The van der Waals surface area contributed by atoms with Crippen LogP contribution in [0.1, 0.15) is 10.5 Å². The first-order chi connectivity index (χ1) is 9.51. The Morgan fingerprint density at radius 1 is 1.40 bits per heavy atom. The number of hydrogen-bond donors (Lipinski definition) is 2. The van der Waals surface area contributed by atoms with Crippen LogP contribution in [0.5, 0.6) is 5.75 Å². The van der Waals surface area contributed by atoms with Crippen molar-refractivity contribution in [1.82, 2.24) is 4.98 Å². The molecule has 3 N–H and O–H groups in total. The van der Waals surface area contributed by atoms with Crippen molar-refractivity contribution in [3.05, 3.63) is 45.5 Å². The lowest BCUT2D eigenvalue weighted by Gasteiger charge is -2.09. The minimum Gasteiger partial charge on any atom is -0.496 e. The lowest BCUT2D eigenvalue weighted by atomic mass is 10.2. The molecule has 1 amide bonds. The molecule has 1 heterocycles. The van der Waals surface area contributed by atoms with Gasteiger partial charge in [0.05, 0.1) is 16.6 Å². The summed E-state index contributed by atoms with van der Waals surface area (Å²) in [5.74, 6) is 0.470. The summed E-state index contributed by atoms with van der Waals surface area (Å²) in [6, 6.07) is 8.22. The van der Waals surface area contributed by atoms with Crippen LogP contribution in [0.25, 0.3) is 0 Å². The van der Waals surface area contributed by atoms with Crippen molar-refractivity contribution < 1.29 is 9.53 Å². The molecule has 0 aliphatic rings. The summed E-state index contributed by atoms with van der Waals surface area (Å²) in [5, 5.41) is 2.93. The Balaban J connectivity index is 2.23. The van der Waals surface area contributed by atoms with E-state index in [9.17, 15) is 4.79 Å². The summed E-state index contributed by atoms with van der Waals surface area (Å²) < 4.78 is 5.84. The van der Waals surface area contributed by atoms with Gasteiger partial charge in [-0.05, 0) is 46.3 Å². The topological polar surface area (TPSA) is 77.2 Å². The Bertz CT molecular complexity index is 664. The van der Waals surface area contributed by atoms with Crippen LogP contribution >= 0.6 is 27.5 Å². The number of nitrogens with zero attached hydrogens (tertiary/aromatic N) is 1. The first-order valence-corrected chi connectivity index (χ1v) is 6.75. The fourth-order valence-corrected chi connectivity index (χ4v) is 2.28. The van der Waals surface area contributed by atoms with Crippen LogP contribution in [0.4, 0.5) is 11.5 Å². The van der Waals surface area contributed by atoms with Crippen molar-refractivity contribution in [1.29, 1.82) is 0 Å². The van der Waals surface area contributed by atoms with Gasteiger partial charge in [0.25, 0.3) is 5.91 Å². The number of aromatic nitrogens is 1. The summed E-state index contributed by atoms with van der Waals surface area (Å²) in [5.41, 5.74) is 6.22. The molecular weight excluding hydrogens is 346 g/mol. The fourth-order valence-electron chi connectivity index (χ4n) is 1.55. The van der Waals surface area contributed by atoms with E-state index in [0.29, 0.717) is 11.4 Å². The number of hydrogen-bond acceptors (Lipinski definition) is 4. The van der Waals surface area contributed by atoms with Crippen molar-refractivity contribution in [3.63, 3.8) is 0 Å². The maximum Gasteiger partial charge on any atom is 0.275 e. The molecule has 0 aliphatic heterocycles. The Morgan fingerprint density at radius 3 is 2.80 bits per heavy atom. The van der Waals surface area contributed by atoms with E-state index in [2.05, 4.69) is 26.2 Å². The monoisotopic (exact) mass is 355 g/mol. The Labute approximate surface area is 129 Å². The van der Waals surface area contributed by atoms with Crippen LogP contribution in [0.15, 0.2) is 34.8 Å². The van der Waals surface area contributed by atoms with Crippen molar-refractivity contribution >= 4 is 44.9 Å². The molecule has 5 nitrogen and oxygen atoms in total. The summed E-state index contributed by atoms with van der Waals surface area (Å²) in [7, 11) is 1.56. The molecule has 0 saturated heterocycles. The summed E-state index contributed by atoms with van der Waals surface area (Å²) in [6.07, 6.45) is 0. The van der Waals surface area contributed by atoms with Crippen molar-refractivity contribution in [3.8, 4) is 5.75 Å². The number of pyridine rings is 1. The van der Waals surface area contributed by atoms with E-state index in [1.165, 1.54) is 12.1 Å². The van der Waals surface area contributed by atoms with Gasteiger partial charge < -0.3 is 15.8 Å². The van der Waals surface area contributed by atoms with E-state index in [1.54, 1.807) is 25.3 Å². The third-order valence-corrected chi connectivity index (χ3v) is 3.42. The number of ether oxygens (including phenoxy) is 1. The zero-order chi connectivity index (χ0) is 14.7. The average molecular weight is 357 g/mol. The normalized spacial score (nSPS) is 10.2. The highest BCUT2D eigenvalue weighted by Gasteiger charge is 2.13. The second kappa shape index (κ2) is 6.11. The molecule has 20 heavy (non-hydrogen) atoms. The van der Waals surface area contributed by atoms with Crippen molar-refractivity contribution in [2.75, 3.05) is 18.2 Å². The van der Waals surface area contributed by atoms with Crippen molar-refractivity contribution in [2.24, 2.45) is 0 Å². The second-order valence-electron chi connectivity index (χ2n) is 3.87. The SMILES string of the molecule is COc1ccc(NC(=O)c2nc(N)ccc2Cl)cc1Br. The highest BCUT2D eigenvalue weighted by molar-refractivity contribution is 9.10. The quantitative estimate of drug-likeness (QED) is 0.884. The van der Waals surface area contributed by atoms with Crippen LogP contribution in [0.2, 0.25) is 5.02 Å². The van der Waals surface area contributed by atoms with E-state index in [1.807, 2.05) is 0 Å². The van der Waals surface area contributed by atoms with Gasteiger partial charge >= 0.3 is 0 Å². The summed E-state index contributed by atoms with van der Waals surface area (Å²) in [4.78, 5) is 16.0. The van der Waals surface area contributed by atoms with Gasteiger partial charge in [-0.25, -0.2) is 4.98 Å². The predicted molar refractivity (Wildman–Crippen MR) is 82.3 cm³/mol. The minimum absolute atomic E-state index is 0.0820.